The molecule has 1 N–H and O–H groups in total. The number of likely N-dealkylation sites (tertiary alicyclic amines) is 1. The summed E-state index contributed by atoms with van der Waals surface area (Å²) >= 11 is 0. The average Bonchev–Trinajstić information content (AvgIpc) is 2.56. The summed E-state index contributed by atoms with van der Waals surface area (Å²) in [5.74, 6) is 0.528. The van der Waals surface area contributed by atoms with Crippen molar-refractivity contribution in [3.63, 3.8) is 0 Å². The molecule has 2 amide bonds. The van der Waals surface area contributed by atoms with Crippen molar-refractivity contribution in [1.29, 1.82) is 0 Å². The van der Waals surface area contributed by atoms with Crippen LogP contribution in [0.5, 0.6) is 5.75 Å². The fourth-order valence-electron chi connectivity index (χ4n) is 3.34. The highest BCUT2D eigenvalue weighted by molar-refractivity contribution is 6.01. The van der Waals surface area contributed by atoms with Crippen LogP contribution in [0.25, 0.3) is 0 Å². The lowest BCUT2D eigenvalue weighted by Crippen LogP contribution is -2.48. The normalized spacial score (nSPS) is 21.2. The standard InChI is InChI=1S/C18H25N3O3/c1-13-18(23)21(11-10-20-8-4-3-5-9-20)16-12-15(19-14(2)22)6-7-17(16)24-13/h6-7,12-13H,3-5,8-11H2,1-2H3,(H,19,22). The van der Waals surface area contributed by atoms with E-state index in [1.54, 1.807) is 17.9 Å². The second-order valence-electron chi connectivity index (χ2n) is 6.52. The number of nitrogens with one attached hydrogen (secondary N) is 1. The van der Waals surface area contributed by atoms with E-state index in [1.807, 2.05) is 12.1 Å². The van der Waals surface area contributed by atoms with E-state index in [0.29, 0.717) is 18.0 Å². The van der Waals surface area contributed by atoms with Gasteiger partial charge in [0.1, 0.15) is 5.75 Å². The Balaban J connectivity index is 1.79. The Morgan fingerprint density at radius 3 is 2.71 bits per heavy atom. The van der Waals surface area contributed by atoms with Gasteiger partial charge < -0.3 is 19.9 Å². The van der Waals surface area contributed by atoms with Crippen molar-refractivity contribution in [3.8, 4) is 5.75 Å². The van der Waals surface area contributed by atoms with Gasteiger partial charge in [-0.2, -0.15) is 0 Å². The molecule has 2 heterocycles. The third-order valence-electron chi connectivity index (χ3n) is 4.58. The maximum absolute atomic E-state index is 12.6. The van der Waals surface area contributed by atoms with E-state index in [1.165, 1.54) is 26.2 Å². The summed E-state index contributed by atoms with van der Waals surface area (Å²) in [6.07, 6.45) is 3.28. The van der Waals surface area contributed by atoms with Crippen LogP contribution in [0.1, 0.15) is 33.1 Å². The van der Waals surface area contributed by atoms with Crippen LogP contribution in [-0.2, 0) is 9.59 Å². The lowest BCUT2D eigenvalue weighted by Gasteiger charge is -2.35. The van der Waals surface area contributed by atoms with Crippen LogP contribution in [0.4, 0.5) is 11.4 Å². The van der Waals surface area contributed by atoms with Crippen molar-refractivity contribution in [3.05, 3.63) is 18.2 Å². The third-order valence-corrected chi connectivity index (χ3v) is 4.58. The Labute approximate surface area is 142 Å². The van der Waals surface area contributed by atoms with Gasteiger partial charge in [-0.15, -0.1) is 0 Å². The molecule has 2 aliphatic rings. The first-order valence-electron chi connectivity index (χ1n) is 8.66. The fraction of sp³-hybridized carbons (Fsp3) is 0.556. The molecule has 0 aliphatic carbocycles. The number of ether oxygens (including phenoxy) is 1. The molecule has 24 heavy (non-hydrogen) atoms. The van der Waals surface area contributed by atoms with Crippen LogP contribution in [0.15, 0.2) is 18.2 Å². The molecule has 0 aromatic heterocycles. The predicted octanol–water partition coefficient (Wildman–Crippen LogP) is 2.24. The van der Waals surface area contributed by atoms with Gasteiger partial charge in [0, 0.05) is 25.7 Å². The van der Waals surface area contributed by atoms with Crippen molar-refractivity contribution in [2.45, 2.75) is 39.2 Å². The quantitative estimate of drug-likeness (QED) is 0.919. The zero-order valence-electron chi connectivity index (χ0n) is 14.4. The number of anilines is 2. The molecule has 6 heteroatoms. The minimum atomic E-state index is -0.481. The summed E-state index contributed by atoms with van der Waals surface area (Å²) in [5, 5.41) is 2.76. The van der Waals surface area contributed by atoms with E-state index in [2.05, 4.69) is 10.2 Å². The summed E-state index contributed by atoms with van der Waals surface area (Å²) in [6, 6.07) is 5.43. The first-order chi connectivity index (χ1) is 11.5. The van der Waals surface area contributed by atoms with Crippen molar-refractivity contribution >= 4 is 23.2 Å². The smallest absolute Gasteiger partial charge is 0.267 e. The first kappa shape index (κ1) is 16.8. The van der Waals surface area contributed by atoms with E-state index in [9.17, 15) is 9.59 Å². The van der Waals surface area contributed by atoms with Crippen LogP contribution in [-0.4, -0.2) is 49.0 Å². The number of benzene rings is 1. The van der Waals surface area contributed by atoms with Crippen LogP contribution < -0.4 is 15.0 Å². The predicted molar refractivity (Wildman–Crippen MR) is 93.5 cm³/mol. The minimum absolute atomic E-state index is 0.0283. The molecule has 1 aromatic rings. The van der Waals surface area contributed by atoms with Gasteiger partial charge in [0.25, 0.3) is 5.91 Å². The summed E-state index contributed by atoms with van der Waals surface area (Å²) in [7, 11) is 0. The molecule has 1 fully saturated rings. The highest BCUT2D eigenvalue weighted by Gasteiger charge is 2.31. The van der Waals surface area contributed by atoms with E-state index in [0.717, 1.165) is 25.3 Å². The van der Waals surface area contributed by atoms with Crippen LogP contribution in [0.3, 0.4) is 0 Å². The van der Waals surface area contributed by atoms with Crippen molar-refractivity contribution in [1.82, 2.24) is 4.90 Å². The second kappa shape index (κ2) is 7.21. The molecule has 0 saturated carbocycles. The summed E-state index contributed by atoms with van der Waals surface area (Å²) in [6.45, 7) is 6.96. The van der Waals surface area contributed by atoms with Gasteiger partial charge in [-0.3, -0.25) is 9.59 Å². The van der Waals surface area contributed by atoms with Crippen molar-refractivity contribution in [2.24, 2.45) is 0 Å². The number of carbonyl (C=O) groups excluding carboxylic acids is 2. The Bertz CT molecular complexity index is 626. The Hall–Kier alpha value is -2.08. The highest BCUT2D eigenvalue weighted by Crippen LogP contribution is 2.36. The van der Waals surface area contributed by atoms with E-state index < -0.39 is 6.10 Å². The molecule has 1 aromatic carbocycles. The van der Waals surface area contributed by atoms with Crippen LogP contribution in [0, 0.1) is 0 Å². The maximum Gasteiger partial charge on any atom is 0.267 e. The topological polar surface area (TPSA) is 61.9 Å². The molecular weight excluding hydrogens is 306 g/mol. The lowest BCUT2D eigenvalue weighted by atomic mass is 10.1. The largest absolute Gasteiger partial charge is 0.479 e. The highest BCUT2D eigenvalue weighted by atomic mass is 16.5. The summed E-state index contributed by atoms with van der Waals surface area (Å²) < 4.78 is 5.71. The van der Waals surface area contributed by atoms with E-state index in [4.69, 9.17) is 4.74 Å². The molecule has 1 saturated heterocycles. The van der Waals surface area contributed by atoms with Gasteiger partial charge in [0.2, 0.25) is 5.91 Å². The number of amides is 2. The van der Waals surface area contributed by atoms with Gasteiger partial charge in [-0.05, 0) is 51.1 Å². The molecule has 130 valence electrons. The molecular formula is C18H25N3O3. The van der Waals surface area contributed by atoms with Gasteiger partial charge in [-0.1, -0.05) is 6.42 Å². The van der Waals surface area contributed by atoms with Gasteiger partial charge >= 0.3 is 0 Å². The van der Waals surface area contributed by atoms with Gasteiger partial charge in [0.05, 0.1) is 5.69 Å². The lowest BCUT2D eigenvalue weighted by molar-refractivity contribution is -0.125. The van der Waals surface area contributed by atoms with Crippen LogP contribution >= 0.6 is 0 Å². The average molecular weight is 331 g/mol. The molecule has 3 rings (SSSR count). The number of nitrogens with zero attached hydrogens (tertiary/aromatic N) is 2. The van der Waals surface area contributed by atoms with Gasteiger partial charge in [-0.25, -0.2) is 0 Å². The number of rotatable bonds is 4. The first-order valence-corrected chi connectivity index (χ1v) is 8.66. The SMILES string of the molecule is CC(=O)Nc1ccc2c(c1)N(CCN1CCCCC1)C(=O)C(C)O2. The summed E-state index contributed by atoms with van der Waals surface area (Å²) in [5.41, 5.74) is 1.41. The van der Waals surface area contributed by atoms with Crippen LogP contribution in [0.2, 0.25) is 0 Å². The molecule has 1 atom stereocenters. The third kappa shape index (κ3) is 3.70. The summed E-state index contributed by atoms with van der Waals surface area (Å²) in [4.78, 5) is 28.1. The fourth-order valence-corrected chi connectivity index (χ4v) is 3.34. The van der Waals surface area contributed by atoms with E-state index >= 15 is 0 Å². The number of fused-ring (bicyclic) bond motifs is 1. The van der Waals surface area contributed by atoms with Gasteiger partial charge in [0.15, 0.2) is 6.10 Å². The minimum Gasteiger partial charge on any atom is -0.479 e. The van der Waals surface area contributed by atoms with Crippen molar-refractivity contribution < 1.29 is 14.3 Å². The number of hydrogen-bond acceptors (Lipinski definition) is 4. The number of hydrogen-bond donors (Lipinski definition) is 1. The molecule has 0 bridgehead atoms. The molecule has 0 radical (unpaired) electrons. The second-order valence-corrected chi connectivity index (χ2v) is 6.52. The number of carbonyl (C=O) groups is 2. The Morgan fingerprint density at radius 1 is 1.25 bits per heavy atom. The zero-order chi connectivity index (χ0) is 17.1. The molecule has 6 nitrogen and oxygen atoms in total. The van der Waals surface area contributed by atoms with E-state index in [-0.39, 0.29) is 11.8 Å². The monoisotopic (exact) mass is 331 g/mol. The van der Waals surface area contributed by atoms with Crippen molar-refractivity contribution in [2.75, 3.05) is 36.4 Å². The maximum atomic E-state index is 12.6. The zero-order valence-corrected chi connectivity index (χ0v) is 14.4. The molecule has 0 spiro atoms. The molecule has 2 aliphatic heterocycles. The molecule has 1 unspecified atom stereocenters. The Morgan fingerprint density at radius 2 is 2.00 bits per heavy atom. The number of piperidine rings is 1. The Kier molecular flexibility index (Phi) is 5.04.